The number of hydrogen-bond acceptors (Lipinski definition) is 2. The summed E-state index contributed by atoms with van der Waals surface area (Å²) in [5.41, 5.74) is 6.89. The molecule has 2 unspecified atom stereocenters. The fourth-order valence-corrected chi connectivity index (χ4v) is 1.84. The molecule has 0 spiro atoms. The van der Waals surface area contributed by atoms with Gasteiger partial charge >= 0.3 is 0 Å². The van der Waals surface area contributed by atoms with Gasteiger partial charge in [-0.3, -0.25) is 0 Å². The van der Waals surface area contributed by atoms with Crippen LogP contribution in [0.4, 0.5) is 0 Å². The van der Waals surface area contributed by atoms with Crippen molar-refractivity contribution >= 4 is 7.41 Å². The number of hydrogen-bond donors (Lipinski definition) is 1. The summed E-state index contributed by atoms with van der Waals surface area (Å²) in [5, 5.41) is 0. The minimum Gasteiger partial charge on any atom is -0.422 e. The molecule has 2 atom stereocenters. The second-order valence-electron chi connectivity index (χ2n) is 4.45. The van der Waals surface area contributed by atoms with Gasteiger partial charge in [0.1, 0.15) is 0 Å². The fraction of sp³-hybridized carbons (Fsp3) is 0.800. The van der Waals surface area contributed by atoms with Crippen molar-refractivity contribution in [1.29, 1.82) is 0 Å². The normalized spacial score (nSPS) is 25.0. The maximum absolute atomic E-state index is 5.58. The summed E-state index contributed by atoms with van der Waals surface area (Å²) in [6, 6.07) is 0. The Morgan fingerprint density at radius 1 is 1.77 bits per heavy atom. The zero-order chi connectivity index (χ0) is 9.84. The first-order chi connectivity index (χ1) is 6.13. The molecule has 0 aromatic rings. The van der Waals surface area contributed by atoms with Gasteiger partial charge in [0.2, 0.25) is 7.41 Å². The van der Waals surface area contributed by atoms with Crippen molar-refractivity contribution in [3.63, 3.8) is 0 Å². The molecule has 1 aliphatic rings. The van der Waals surface area contributed by atoms with E-state index in [1.54, 1.807) is 0 Å². The molecule has 0 aromatic heterocycles. The summed E-state index contributed by atoms with van der Waals surface area (Å²) in [6.07, 6.45) is 2.37. The molecule has 0 radical (unpaired) electrons. The molecule has 3 heteroatoms. The largest absolute Gasteiger partial charge is 0.422 e. The maximum Gasteiger partial charge on any atom is 0.235 e. The van der Waals surface area contributed by atoms with Crippen molar-refractivity contribution in [1.82, 2.24) is 4.81 Å². The van der Waals surface area contributed by atoms with Gasteiger partial charge < -0.3 is 10.5 Å². The van der Waals surface area contributed by atoms with Crippen LogP contribution < -0.4 is 5.73 Å². The van der Waals surface area contributed by atoms with Gasteiger partial charge in [-0.15, -0.1) is 0 Å². The van der Waals surface area contributed by atoms with Crippen molar-refractivity contribution in [2.75, 3.05) is 13.1 Å². The lowest BCUT2D eigenvalue weighted by Gasteiger charge is -2.20. The number of nitrogens with two attached hydrogens (primary N) is 1. The van der Waals surface area contributed by atoms with Gasteiger partial charge in [0, 0.05) is 6.54 Å². The smallest absolute Gasteiger partial charge is 0.235 e. The Bertz CT molecular complexity index is 182. The van der Waals surface area contributed by atoms with Crippen molar-refractivity contribution in [2.24, 2.45) is 17.6 Å². The standard InChI is InChI=1S/C10H21BN2/c1-8-4-10(3)13(7-8)11-5-9(2)6-12/h8-9,11H,3-7,12H2,1-2H3. The van der Waals surface area contributed by atoms with E-state index in [-0.39, 0.29) is 0 Å². The predicted octanol–water partition coefficient (Wildman–Crippen LogP) is 1.21. The molecule has 1 aliphatic heterocycles. The van der Waals surface area contributed by atoms with Crippen molar-refractivity contribution in [3.8, 4) is 0 Å². The lowest BCUT2D eigenvalue weighted by Crippen LogP contribution is -2.26. The molecule has 1 rings (SSSR count). The first kappa shape index (κ1) is 10.6. The third-order valence-corrected chi connectivity index (χ3v) is 2.86. The highest BCUT2D eigenvalue weighted by molar-refractivity contribution is 6.32. The molecule has 1 fully saturated rings. The first-order valence-corrected chi connectivity index (χ1v) is 5.26. The highest BCUT2D eigenvalue weighted by Gasteiger charge is 2.21. The third-order valence-electron chi connectivity index (χ3n) is 2.86. The molecular formula is C10H21BN2. The molecule has 0 amide bonds. The van der Waals surface area contributed by atoms with Crippen LogP contribution in [0.15, 0.2) is 12.3 Å². The third kappa shape index (κ3) is 3.07. The van der Waals surface area contributed by atoms with Crippen LogP contribution in [0.25, 0.3) is 0 Å². The molecule has 0 aliphatic carbocycles. The van der Waals surface area contributed by atoms with Crippen LogP contribution in [0, 0.1) is 11.8 Å². The Labute approximate surface area is 82.4 Å². The van der Waals surface area contributed by atoms with E-state index in [0.29, 0.717) is 5.92 Å². The topological polar surface area (TPSA) is 29.3 Å². The lowest BCUT2D eigenvalue weighted by molar-refractivity contribution is 0.539. The highest BCUT2D eigenvalue weighted by atomic mass is 15.1. The van der Waals surface area contributed by atoms with Crippen LogP contribution in [0.2, 0.25) is 6.32 Å². The molecule has 1 saturated heterocycles. The highest BCUT2D eigenvalue weighted by Crippen LogP contribution is 2.24. The molecular weight excluding hydrogens is 159 g/mol. The van der Waals surface area contributed by atoms with Gasteiger partial charge in [0.15, 0.2) is 0 Å². The van der Waals surface area contributed by atoms with E-state index in [1.807, 2.05) is 0 Å². The summed E-state index contributed by atoms with van der Waals surface area (Å²) in [4.78, 5) is 2.41. The zero-order valence-corrected chi connectivity index (χ0v) is 8.92. The van der Waals surface area contributed by atoms with Crippen LogP contribution in [0.1, 0.15) is 20.3 Å². The van der Waals surface area contributed by atoms with Gasteiger partial charge in [0.05, 0.1) is 0 Å². The Balaban J connectivity index is 2.25. The molecule has 2 N–H and O–H groups in total. The Kier molecular flexibility index (Phi) is 3.85. The second kappa shape index (κ2) is 4.70. The monoisotopic (exact) mass is 180 g/mol. The average molecular weight is 180 g/mol. The first-order valence-electron chi connectivity index (χ1n) is 5.26. The van der Waals surface area contributed by atoms with Gasteiger partial charge in [-0.05, 0) is 30.5 Å². The van der Waals surface area contributed by atoms with E-state index < -0.39 is 0 Å². The molecule has 2 nitrogen and oxygen atoms in total. The Hall–Kier alpha value is -0.435. The minimum absolute atomic E-state index is 0.642. The second-order valence-corrected chi connectivity index (χ2v) is 4.45. The van der Waals surface area contributed by atoms with Gasteiger partial charge in [-0.1, -0.05) is 26.7 Å². The summed E-state index contributed by atoms with van der Waals surface area (Å²) in [5.74, 6) is 1.43. The molecule has 13 heavy (non-hydrogen) atoms. The number of allylic oxidation sites excluding steroid dienone is 1. The molecule has 0 bridgehead atoms. The van der Waals surface area contributed by atoms with Gasteiger partial charge in [-0.25, -0.2) is 0 Å². The van der Waals surface area contributed by atoms with Crippen molar-refractivity contribution in [2.45, 2.75) is 26.6 Å². The average Bonchev–Trinajstić information content (AvgIpc) is 2.41. The number of nitrogens with zero attached hydrogens (tertiary/aromatic N) is 1. The van der Waals surface area contributed by atoms with Crippen molar-refractivity contribution < 1.29 is 0 Å². The molecule has 74 valence electrons. The fourth-order valence-electron chi connectivity index (χ4n) is 1.84. The lowest BCUT2D eigenvalue weighted by atomic mass is 9.79. The van der Waals surface area contributed by atoms with E-state index in [9.17, 15) is 0 Å². The zero-order valence-electron chi connectivity index (χ0n) is 8.92. The Morgan fingerprint density at radius 2 is 2.46 bits per heavy atom. The summed E-state index contributed by atoms with van der Waals surface area (Å²) in [7, 11) is 1.14. The van der Waals surface area contributed by atoms with Crippen LogP contribution in [0.3, 0.4) is 0 Å². The van der Waals surface area contributed by atoms with Crippen LogP contribution >= 0.6 is 0 Å². The van der Waals surface area contributed by atoms with E-state index >= 15 is 0 Å². The summed E-state index contributed by atoms with van der Waals surface area (Å²) >= 11 is 0. The molecule has 0 aromatic carbocycles. The molecule has 1 heterocycles. The van der Waals surface area contributed by atoms with Crippen LogP contribution in [-0.2, 0) is 0 Å². The minimum atomic E-state index is 0.642. The summed E-state index contributed by atoms with van der Waals surface area (Å²) in [6.45, 7) is 10.6. The van der Waals surface area contributed by atoms with Crippen LogP contribution in [0.5, 0.6) is 0 Å². The summed E-state index contributed by atoms with van der Waals surface area (Å²) < 4.78 is 0. The predicted molar refractivity (Wildman–Crippen MR) is 59.8 cm³/mol. The quantitative estimate of drug-likeness (QED) is 0.659. The van der Waals surface area contributed by atoms with Crippen LogP contribution in [-0.4, -0.2) is 25.3 Å². The van der Waals surface area contributed by atoms with E-state index in [0.717, 1.165) is 19.9 Å². The SMILES string of the molecule is C=C1CC(C)CN1BCC(C)CN. The van der Waals surface area contributed by atoms with E-state index in [2.05, 4.69) is 25.2 Å². The van der Waals surface area contributed by atoms with E-state index in [1.165, 1.54) is 25.0 Å². The number of rotatable bonds is 4. The van der Waals surface area contributed by atoms with Gasteiger partial charge in [0.25, 0.3) is 0 Å². The molecule has 0 saturated carbocycles. The maximum atomic E-state index is 5.58. The Morgan fingerprint density at radius 3 is 2.92 bits per heavy atom. The van der Waals surface area contributed by atoms with Crippen molar-refractivity contribution in [3.05, 3.63) is 12.3 Å². The van der Waals surface area contributed by atoms with E-state index in [4.69, 9.17) is 5.73 Å². The van der Waals surface area contributed by atoms with Gasteiger partial charge in [-0.2, -0.15) is 0 Å².